The highest BCUT2D eigenvalue weighted by molar-refractivity contribution is 7.09. The molecule has 1 unspecified atom stereocenters. The molecule has 0 bridgehead atoms. The zero-order valence-corrected chi connectivity index (χ0v) is 15.5. The molecule has 5 nitrogen and oxygen atoms in total. The Labute approximate surface area is 152 Å². The van der Waals surface area contributed by atoms with Crippen LogP contribution < -0.4 is 10.1 Å². The maximum atomic E-state index is 5.51. The molecule has 3 rings (SSSR count). The SMILES string of the molecule is COc1ccccc1C(CNc1nc(-c2ccccc2)ns1)N(C)C. The number of aromatic nitrogens is 2. The number of likely N-dealkylation sites (N-methyl/N-ethyl adjacent to an activating group) is 1. The van der Waals surface area contributed by atoms with Crippen molar-refractivity contribution in [1.29, 1.82) is 0 Å². The van der Waals surface area contributed by atoms with Crippen LogP contribution in [-0.4, -0.2) is 42.0 Å². The summed E-state index contributed by atoms with van der Waals surface area (Å²) in [5.74, 6) is 1.65. The van der Waals surface area contributed by atoms with Gasteiger partial charge in [-0.1, -0.05) is 48.5 Å². The molecular formula is C19H22N4OS. The standard InChI is InChI=1S/C19H22N4OS/c1-23(2)16(15-11-7-8-12-17(15)24-3)13-20-19-21-18(22-25-19)14-9-5-4-6-10-14/h4-12,16H,13H2,1-3H3,(H,20,21,22). The number of methoxy groups -OCH3 is 1. The topological polar surface area (TPSA) is 50.3 Å². The van der Waals surface area contributed by atoms with E-state index in [0.717, 1.165) is 34.4 Å². The molecule has 0 aliphatic carbocycles. The van der Waals surface area contributed by atoms with Crippen LogP contribution in [0, 0.1) is 0 Å². The van der Waals surface area contributed by atoms with E-state index >= 15 is 0 Å². The van der Waals surface area contributed by atoms with Crippen molar-refractivity contribution in [2.45, 2.75) is 6.04 Å². The van der Waals surface area contributed by atoms with Gasteiger partial charge in [-0.3, -0.25) is 0 Å². The lowest BCUT2D eigenvalue weighted by Gasteiger charge is -2.26. The molecule has 6 heteroatoms. The molecular weight excluding hydrogens is 332 g/mol. The maximum absolute atomic E-state index is 5.51. The smallest absolute Gasteiger partial charge is 0.202 e. The number of nitrogens with zero attached hydrogens (tertiary/aromatic N) is 3. The predicted octanol–water partition coefficient (Wildman–Crippen LogP) is 3.93. The molecule has 0 aliphatic rings. The Hall–Kier alpha value is -2.44. The molecule has 0 saturated carbocycles. The molecule has 2 aromatic carbocycles. The molecule has 1 N–H and O–H groups in total. The Bertz CT molecular complexity index is 804. The summed E-state index contributed by atoms with van der Waals surface area (Å²) < 4.78 is 9.96. The molecule has 130 valence electrons. The van der Waals surface area contributed by atoms with E-state index in [1.54, 1.807) is 7.11 Å². The fraction of sp³-hybridized carbons (Fsp3) is 0.263. The molecule has 1 heterocycles. The highest BCUT2D eigenvalue weighted by Gasteiger charge is 2.18. The third kappa shape index (κ3) is 4.15. The summed E-state index contributed by atoms with van der Waals surface area (Å²) in [5, 5.41) is 4.23. The summed E-state index contributed by atoms with van der Waals surface area (Å²) in [4.78, 5) is 6.77. The van der Waals surface area contributed by atoms with Crippen molar-refractivity contribution in [3.05, 3.63) is 60.2 Å². The number of hydrogen-bond donors (Lipinski definition) is 1. The number of nitrogens with one attached hydrogen (secondary N) is 1. The van der Waals surface area contributed by atoms with Gasteiger partial charge in [0.1, 0.15) is 5.75 Å². The average Bonchev–Trinajstić information content (AvgIpc) is 3.12. The predicted molar refractivity (Wildman–Crippen MR) is 103 cm³/mol. The van der Waals surface area contributed by atoms with Crippen LogP contribution in [-0.2, 0) is 0 Å². The molecule has 3 aromatic rings. The Balaban J connectivity index is 1.73. The molecule has 1 aromatic heterocycles. The largest absolute Gasteiger partial charge is 0.496 e. The summed E-state index contributed by atoms with van der Waals surface area (Å²) in [7, 11) is 5.83. The van der Waals surface area contributed by atoms with Gasteiger partial charge < -0.3 is 15.0 Å². The number of para-hydroxylation sites is 1. The van der Waals surface area contributed by atoms with Gasteiger partial charge in [0.25, 0.3) is 0 Å². The number of hydrogen-bond acceptors (Lipinski definition) is 6. The molecule has 25 heavy (non-hydrogen) atoms. The fourth-order valence-electron chi connectivity index (χ4n) is 2.70. The Morgan fingerprint density at radius 1 is 1.08 bits per heavy atom. The van der Waals surface area contributed by atoms with E-state index in [1.165, 1.54) is 11.5 Å². The van der Waals surface area contributed by atoms with Crippen LogP contribution in [0.15, 0.2) is 54.6 Å². The van der Waals surface area contributed by atoms with Crippen molar-refractivity contribution in [2.75, 3.05) is 33.1 Å². The number of rotatable bonds is 7. The Morgan fingerprint density at radius 2 is 1.80 bits per heavy atom. The van der Waals surface area contributed by atoms with E-state index in [9.17, 15) is 0 Å². The quantitative estimate of drug-likeness (QED) is 0.697. The van der Waals surface area contributed by atoms with Crippen LogP contribution in [0.4, 0.5) is 5.13 Å². The molecule has 0 fully saturated rings. The molecule has 0 spiro atoms. The zero-order valence-electron chi connectivity index (χ0n) is 14.6. The van der Waals surface area contributed by atoms with Gasteiger partial charge in [0.2, 0.25) is 5.13 Å². The first-order valence-corrected chi connectivity index (χ1v) is 8.88. The van der Waals surface area contributed by atoms with E-state index < -0.39 is 0 Å². The van der Waals surface area contributed by atoms with Gasteiger partial charge in [-0.25, -0.2) is 0 Å². The monoisotopic (exact) mass is 354 g/mol. The highest BCUT2D eigenvalue weighted by Crippen LogP contribution is 2.29. The van der Waals surface area contributed by atoms with E-state index in [2.05, 4.69) is 39.7 Å². The third-order valence-corrected chi connectivity index (χ3v) is 4.70. The van der Waals surface area contributed by atoms with Gasteiger partial charge in [0.05, 0.1) is 13.2 Å². The zero-order chi connectivity index (χ0) is 17.6. The van der Waals surface area contributed by atoms with E-state index in [4.69, 9.17) is 4.74 Å². The minimum absolute atomic E-state index is 0.167. The summed E-state index contributed by atoms with van der Waals surface area (Å²) in [6.07, 6.45) is 0. The van der Waals surface area contributed by atoms with Gasteiger partial charge in [-0.15, -0.1) is 0 Å². The second-order valence-electron chi connectivity index (χ2n) is 5.89. The minimum Gasteiger partial charge on any atom is -0.496 e. The second kappa shape index (κ2) is 8.09. The van der Waals surface area contributed by atoms with E-state index in [-0.39, 0.29) is 6.04 Å². The summed E-state index contributed by atoms with van der Waals surface area (Å²) in [6, 6.07) is 18.3. The minimum atomic E-state index is 0.167. The summed E-state index contributed by atoms with van der Waals surface area (Å²) in [5.41, 5.74) is 2.18. The summed E-state index contributed by atoms with van der Waals surface area (Å²) >= 11 is 1.38. The number of ether oxygens (including phenoxy) is 1. The Kier molecular flexibility index (Phi) is 5.63. The molecule has 0 radical (unpaired) electrons. The van der Waals surface area contributed by atoms with Crippen molar-refractivity contribution in [2.24, 2.45) is 0 Å². The van der Waals surface area contributed by atoms with E-state index in [1.807, 2.05) is 48.5 Å². The van der Waals surface area contributed by atoms with Crippen LogP contribution >= 0.6 is 11.5 Å². The van der Waals surface area contributed by atoms with Crippen molar-refractivity contribution in [1.82, 2.24) is 14.3 Å². The van der Waals surface area contributed by atoms with Crippen molar-refractivity contribution in [3.63, 3.8) is 0 Å². The third-order valence-electron chi connectivity index (χ3n) is 4.03. The van der Waals surface area contributed by atoms with Crippen LogP contribution in [0.5, 0.6) is 5.75 Å². The first-order valence-electron chi connectivity index (χ1n) is 8.11. The van der Waals surface area contributed by atoms with Crippen molar-refractivity contribution < 1.29 is 4.74 Å². The average molecular weight is 354 g/mol. The van der Waals surface area contributed by atoms with Gasteiger partial charge >= 0.3 is 0 Å². The van der Waals surface area contributed by atoms with Gasteiger partial charge in [-0.2, -0.15) is 9.36 Å². The molecule has 1 atom stereocenters. The lowest BCUT2D eigenvalue weighted by molar-refractivity contribution is 0.300. The van der Waals surface area contributed by atoms with Crippen molar-refractivity contribution in [3.8, 4) is 17.1 Å². The first kappa shape index (κ1) is 17.4. The normalized spacial score (nSPS) is 12.2. The second-order valence-corrected chi connectivity index (χ2v) is 6.64. The number of anilines is 1. The van der Waals surface area contributed by atoms with E-state index in [0.29, 0.717) is 0 Å². The van der Waals surface area contributed by atoms with Crippen LogP contribution in [0.25, 0.3) is 11.4 Å². The lowest BCUT2D eigenvalue weighted by atomic mass is 10.0. The lowest BCUT2D eigenvalue weighted by Crippen LogP contribution is -2.27. The first-order chi connectivity index (χ1) is 12.2. The molecule has 0 saturated heterocycles. The van der Waals surface area contributed by atoms with Gasteiger partial charge in [-0.05, 0) is 20.2 Å². The maximum Gasteiger partial charge on any atom is 0.202 e. The van der Waals surface area contributed by atoms with Gasteiger partial charge in [0, 0.05) is 29.2 Å². The highest BCUT2D eigenvalue weighted by atomic mass is 32.1. The van der Waals surface area contributed by atoms with Crippen LogP contribution in [0.1, 0.15) is 11.6 Å². The molecule has 0 aliphatic heterocycles. The number of benzene rings is 2. The fourth-order valence-corrected chi connectivity index (χ4v) is 3.29. The molecule has 0 amide bonds. The van der Waals surface area contributed by atoms with Crippen LogP contribution in [0.3, 0.4) is 0 Å². The van der Waals surface area contributed by atoms with Crippen LogP contribution in [0.2, 0.25) is 0 Å². The summed E-state index contributed by atoms with van der Waals surface area (Å²) in [6.45, 7) is 0.719. The Morgan fingerprint density at radius 3 is 2.52 bits per heavy atom. The van der Waals surface area contributed by atoms with Gasteiger partial charge in [0.15, 0.2) is 5.82 Å². The van der Waals surface area contributed by atoms with Crippen molar-refractivity contribution >= 4 is 16.7 Å².